The Kier molecular flexibility index (Phi) is 4.22. The molecule has 0 aliphatic carbocycles. The zero-order chi connectivity index (χ0) is 18.2. The third kappa shape index (κ3) is 3.08. The van der Waals surface area contributed by atoms with Crippen molar-refractivity contribution in [3.8, 4) is 16.9 Å². The van der Waals surface area contributed by atoms with Crippen LogP contribution in [0.15, 0.2) is 48.7 Å². The predicted octanol–water partition coefficient (Wildman–Crippen LogP) is 3.71. The number of pyridine rings is 1. The summed E-state index contributed by atoms with van der Waals surface area (Å²) in [6.45, 7) is 0. The molecule has 1 aromatic carbocycles. The number of carbonyl (C=O) groups is 1. The molecular formula is C16H10ClF3N4O. The summed E-state index contributed by atoms with van der Waals surface area (Å²) in [4.78, 5) is 15.9. The smallest absolute Gasteiger partial charge is 0.364 e. The van der Waals surface area contributed by atoms with E-state index in [1.165, 1.54) is 30.5 Å². The molecule has 0 fully saturated rings. The van der Waals surface area contributed by atoms with Gasteiger partial charge in [-0.05, 0) is 17.7 Å². The molecule has 0 spiro atoms. The molecule has 0 unspecified atom stereocenters. The zero-order valence-corrected chi connectivity index (χ0v) is 13.2. The fourth-order valence-corrected chi connectivity index (χ4v) is 2.61. The molecule has 0 saturated carbocycles. The van der Waals surface area contributed by atoms with Gasteiger partial charge in [0.15, 0.2) is 11.5 Å². The number of rotatable bonds is 3. The van der Waals surface area contributed by atoms with Crippen molar-refractivity contribution in [3.63, 3.8) is 0 Å². The fourth-order valence-electron chi connectivity index (χ4n) is 2.41. The highest BCUT2D eigenvalue weighted by molar-refractivity contribution is 6.32. The molecule has 2 N–H and O–H groups in total. The van der Waals surface area contributed by atoms with Gasteiger partial charge in [-0.25, -0.2) is 9.67 Å². The summed E-state index contributed by atoms with van der Waals surface area (Å²) in [5, 5.41) is 3.58. The first-order valence-corrected chi connectivity index (χ1v) is 7.35. The van der Waals surface area contributed by atoms with Gasteiger partial charge in [-0.3, -0.25) is 4.79 Å². The number of alkyl halides is 3. The van der Waals surface area contributed by atoms with Crippen LogP contribution in [0.5, 0.6) is 0 Å². The van der Waals surface area contributed by atoms with E-state index in [9.17, 15) is 18.0 Å². The normalized spacial score (nSPS) is 11.5. The number of hydrogen-bond acceptors (Lipinski definition) is 3. The molecule has 0 saturated heterocycles. The standard InChI is InChI=1S/C16H10ClF3N4O/c17-10-7-4-8-22-15(10)24-12(14(21)25)11(9-5-2-1-3-6-9)13(23-24)16(18,19)20/h1-8H,(H2,21,25). The predicted molar refractivity (Wildman–Crippen MR) is 85.3 cm³/mol. The van der Waals surface area contributed by atoms with Gasteiger partial charge in [0.25, 0.3) is 5.91 Å². The van der Waals surface area contributed by atoms with Crippen molar-refractivity contribution in [1.29, 1.82) is 0 Å². The molecular weight excluding hydrogens is 357 g/mol. The molecule has 3 rings (SSSR count). The van der Waals surface area contributed by atoms with Gasteiger partial charge in [-0.1, -0.05) is 41.9 Å². The second-order valence-electron chi connectivity index (χ2n) is 5.02. The Morgan fingerprint density at radius 1 is 1.12 bits per heavy atom. The topological polar surface area (TPSA) is 73.8 Å². The fraction of sp³-hybridized carbons (Fsp3) is 0.0625. The molecule has 5 nitrogen and oxygen atoms in total. The summed E-state index contributed by atoms with van der Waals surface area (Å²) in [6, 6.07) is 10.5. The van der Waals surface area contributed by atoms with E-state index < -0.39 is 29.0 Å². The lowest BCUT2D eigenvalue weighted by molar-refractivity contribution is -0.140. The maximum absolute atomic E-state index is 13.5. The van der Waals surface area contributed by atoms with Crippen LogP contribution in [-0.4, -0.2) is 20.7 Å². The molecule has 0 bridgehead atoms. The number of carbonyl (C=O) groups excluding carboxylic acids is 1. The molecule has 2 aromatic heterocycles. The molecule has 3 aromatic rings. The van der Waals surface area contributed by atoms with Crippen molar-refractivity contribution in [2.45, 2.75) is 6.18 Å². The van der Waals surface area contributed by atoms with Crippen molar-refractivity contribution in [3.05, 3.63) is 65.1 Å². The van der Waals surface area contributed by atoms with Gasteiger partial charge < -0.3 is 5.73 Å². The molecule has 0 aliphatic heterocycles. The summed E-state index contributed by atoms with van der Waals surface area (Å²) in [7, 11) is 0. The van der Waals surface area contributed by atoms with Crippen LogP contribution in [0.4, 0.5) is 13.2 Å². The third-order valence-electron chi connectivity index (χ3n) is 3.39. The molecule has 0 radical (unpaired) electrons. The van der Waals surface area contributed by atoms with Crippen LogP contribution in [0.1, 0.15) is 16.2 Å². The number of nitrogens with zero attached hydrogens (tertiary/aromatic N) is 3. The lowest BCUT2D eigenvalue weighted by Crippen LogP contribution is -2.18. The Bertz CT molecular complexity index is 938. The van der Waals surface area contributed by atoms with Crippen LogP contribution in [0.25, 0.3) is 16.9 Å². The van der Waals surface area contributed by atoms with E-state index in [1.54, 1.807) is 18.2 Å². The SMILES string of the molecule is NC(=O)c1c(-c2ccccc2)c(C(F)(F)F)nn1-c1ncccc1Cl. The number of amides is 1. The summed E-state index contributed by atoms with van der Waals surface area (Å²) >= 11 is 6.00. The van der Waals surface area contributed by atoms with Crippen molar-refractivity contribution in [2.24, 2.45) is 5.73 Å². The Morgan fingerprint density at radius 2 is 1.80 bits per heavy atom. The minimum Gasteiger partial charge on any atom is -0.364 e. The van der Waals surface area contributed by atoms with E-state index in [0.29, 0.717) is 0 Å². The summed E-state index contributed by atoms with van der Waals surface area (Å²) in [6.07, 6.45) is -3.48. The van der Waals surface area contributed by atoms with Gasteiger partial charge in [0.2, 0.25) is 0 Å². The average Bonchev–Trinajstić information content (AvgIpc) is 2.97. The lowest BCUT2D eigenvalue weighted by Gasteiger charge is -2.08. The van der Waals surface area contributed by atoms with Crippen LogP contribution in [0.3, 0.4) is 0 Å². The largest absolute Gasteiger partial charge is 0.435 e. The van der Waals surface area contributed by atoms with Crippen molar-refractivity contribution in [1.82, 2.24) is 14.8 Å². The highest BCUT2D eigenvalue weighted by Crippen LogP contribution is 2.39. The maximum Gasteiger partial charge on any atom is 0.435 e. The van der Waals surface area contributed by atoms with E-state index >= 15 is 0 Å². The van der Waals surface area contributed by atoms with E-state index in [0.717, 1.165) is 4.68 Å². The highest BCUT2D eigenvalue weighted by atomic mass is 35.5. The molecule has 9 heteroatoms. The van der Waals surface area contributed by atoms with E-state index in [2.05, 4.69) is 10.1 Å². The van der Waals surface area contributed by atoms with Crippen molar-refractivity contribution >= 4 is 17.5 Å². The van der Waals surface area contributed by atoms with Crippen LogP contribution >= 0.6 is 11.6 Å². The first-order valence-electron chi connectivity index (χ1n) is 6.97. The van der Waals surface area contributed by atoms with Crippen molar-refractivity contribution < 1.29 is 18.0 Å². The maximum atomic E-state index is 13.5. The number of aromatic nitrogens is 3. The Balaban J connectivity index is 2.41. The first-order chi connectivity index (χ1) is 11.8. The van der Waals surface area contributed by atoms with Gasteiger partial charge in [0.1, 0.15) is 5.69 Å². The molecule has 1 amide bonds. The second kappa shape index (κ2) is 6.21. The molecule has 25 heavy (non-hydrogen) atoms. The summed E-state index contributed by atoms with van der Waals surface area (Å²) < 4.78 is 41.3. The van der Waals surface area contributed by atoms with Gasteiger partial charge >= 0.3 is 6.18 Å². The second-order valence-corrected chi connectivity index (χ2v) is 5.43. The van der Waals surface area contributed by atoms with Crippen molar-refractivity contribution in [2.75, 3.05) is 0 Å². The van der Waals surface area contributed by atoms with Gasteiger partial charge in [-0.2, -0.15) is 18.3 Å². The van der Waals surface area contributed by atoms with Crippen LogP contribution in [-0.2, 0) is 6.18 Å². The number of benzene rings is 1. The average molecular weight is 367 g/mol. The lowest BCUT2D eigenvalue weighted by atomic mass is 10.0. The minimum atomic E-state index is -4.80. The molecule has 2 heterocycles. The van der Waals surface area contributed by atoms with Crippen LogP contribution in [0.2, 0.25) is 5.02 Å². The first kappa shape index (κ1) is 17.0. The molecule has 128 valence electrons. The Labute approximate surface area is 144 Å². The Hall–Kier alpha value is -2.87. The minimum absolute atomic E-state index is 0.0286. The van der Waals surface area contributed by atoms with Gasteiger partial charge in [0, 0.05) is 11.8 Å². The summed E-state index contributed by atoms with van der Waals surface area (Å²) in [5.74, 6) is -1.20. The van der Waals surface area contributed by atoms with Crippen LogP contribution in [0, 0.1) is 0 Å². The highest BCUT2D eigenvalue weighted by Gasteiger charge is 2.41. The van der Waals surface area contributed by atoms with Gasteiger partial charge in [-0.15, -0.1) is 0 Å². The number of halogens is 4. The van der Waals surface area contributed by atoms with E-state index in [4.69, 9.17) is 17.3 Å². The zero-order valence-electron chi connectivity index (χ0n) is 12.5. The number of hydrogen-bond donors (Lipinski definition) is 1. The number of nitrogens with two attached hydrogens (primary N) is 1. The molecule has 0 atom stereocenters. The van der Waals surface area contributed by atoms with E-state index in [-0.39, 0.29) is 16.4 Å². The van der Waals surface area contributed by atoms with Crippen LogP contribution < -0.4 is 5.73 Å². The van der Waals surface area contributed by atoms with E-state index in [1.807, 2.05) is 0 Å². The van der Waals surface area contributed by atoms with Gasteiger partial charge in [0.05, 0.1) is 5.02 Å². The Morgan fingerprint density at radius 3 is 2.36 bits per heavy atom. The monoisotopic (exact) mass is 366 g/mol. The third-order valence-corrected chi connectivity index (χ3v) is 3.68. The number of primary amides is 1. The molecule has 0 aliphatic rings. The summed E-state index contributed by atoms with van der Waals surface area (Å²) in [5.41, 5.74) is 3.41. The quantitative estimate of drug-likeness (QED) is 0.768.